The molecule has 0 unspecified atom stereocenters. The van der Waals surface area contributed by atoms with Crippen LogP contribution in [0, 0.1) is 0 Å². The van der Waals surface area contributed by atoms with Crippen LogP contribution in [0.25, 0.3) is 0 Å². The van der Waals surface area contributed by atoms with Crippen LogP contribution in [-0.2, 0) is 11.2 Å². The number of hydrogen-bond acceptors (Lipinski definition) is 5. The van der Waals surface area contributed by atoms with E-state index in [-0.39, 0.29) is 11.8 Å². The van der Waals surface area contributed by atoms with Crippen LogP contribution in [0.15, 0.2) is 34.9 Å². The predicted octanol–water partition coefficient (Wildman–Crippen LogP) is 3.47. The highest BCUT2D eigenvalue weighted by molar-refractivity contribution is 5.78. The Hall–Kier alpha value is -2.34. The maximum absolute atomic E-state index is 12.8. The van der Waals surface area contributed by atoms with Gasteiger partial charge in [-0.3, -0.25) is 9.69 Å². The SMILES string of the molecule is COc1ccc(Cc2cnc([C@H]3CCCN(C(=O)CN4CCCCC4)C3)o2)cc1. The number of methoxy groups -OCH3 is 1. The van der Waals surface area contributed by atoms with Gasteiger partial charge in [0.2, 0.25) is 5.91 Å². The summed E-state index contributed by atoms with van der Waals surface area (Å²) in [6.45, 7) is 4.23. The molecule has 3 heterocycles. The summed E-state index contributed by atoms with van der Waals surface area (Å²) in [6.07, 6.45) is 8.28. The highest BCUT2D eigenvalue weighted by Gasteiger charge is 2.28. The van der Waals surface area contributed by atoms with Crippen molar-refractivity contribution in [3.05, 3.63) is 47.7 Å². The third-order valence-corrected chi connectivity index (χ3v) is 6.04. The standard InChI is InChI=1S/C23H31N3O3/c1-28-20-9-7-18(8-10-20)14-21-15-24-23(29-21)19-6-5-13-26(16-19)22(27)17-25-11-3-2-4-12-25/h7-10,15,19H,2-6,11-14,16-17H2,1H3/t19-/m0/s1. The number of rotatable bonds is 6. The number of hydrogen-bond donors (Lipinski definition) is 0. The molecule has 156 valence electrons. The summed E-state index contributed by atoms with van der Waals surface area (Å²) in [5.74, 6) is 2.93. The largest absolute Gasteiger partial charge is 0.497 e. The van der Waals surface area contributed by atoms with E-state index in [1.165, 1.54) is 19.3 Å². The van der Waals surface area contributed by atoms with Crippen molar-refractivity contribution in [2.45, 2.75) is 44.4 Å². The Bertz CT molecular complexity index is 796. The number of nitrogens with zero attached hydrogens (tertiary/aromatic N) is 3. The number of amides is 1. The molecule has 29 heavy (non-hydrogen) atoms. The van der Waals surface area contributed by atoms with Crippen LogP contribution in [0.2, 0.25) is 0 Å². The third kappa shape index (κ3) is 5.18. The van der Waals surface area contributed by atoms with E-state index < -0.39 is 0 Å². The van der Waals surface area contributed by atoms with Gasteiger partial charge in [-0.05, 0) is 56.5 Å². The third-order valence-electron chi connectivity index (χ3n) is 6.04. The predicted molar refractivity (Wildman–Crippen MR) is 111 cm³/mol. The number of carbonyl (C=O) groups excluding carboxylic acids is 1. The Morgan fingerprint density at radius 2 is 1.93 bits per heavy atom. The Labute approximate surface area is 172 Å². The highest BCUT2D eigenvalue weighted by Crippen LogP contribution is 2.27. The minimum Gasteiger partial charge on any atom is -0.497 e. The zero-order chi connectivity index (χ0) is 20.1. The minimum absolute atomic E-state index is 0.193. The van der Waals surface area contributed by atoms with Crippen LogP contribution in [-0.4, -0.2) is 60.5 Å². The molecule has 2 aromatic rings. The average molecular weight is 398 g/mol. The van der Waals surface area contributed by atoms with Crippen molar-refractivity contribution >= 4 is 5.91 Å². The van der Waals surface area contributed by atoms with Crippen LogP contribution < -0.4 is 4.74 Å². The van der Waals surface area contributed by atoms with Gasteiger partial charge >= 0.3 is 0 Å². The normalized spacial score (nSPS) is 20.6. The van der Waals surface area contributed by atoms with E-state index in [0.29, 0.717) is 13.0 Å². The summed E-state index contributed by atoms with van der Waals surface area (Å²) in [4.78, 5) is 21.6. The Morgan fingerprint density at radius 1 is 1.14 bits per heavy atom. The van der Waals surface area contributed by atoms with Crippen molar-refractivity contribution in [3.63, 3.8) is 0 Å². The lowest BCUT2D eigenvalue weighted by Gasteiger charge is -2.34. The van der Waals surface area contributed by atoms with Crippen molar-refractivity contribution in [1.29, 1.82) is 0 Å². The lowest BCUT2D eigenvalue weighted by Crippen LogP contribution is -2.45. The molecule has 2 aliphatic rings. The second-order valence-corrected chi connectivity index (χ2v) is 8.21. The first-order valence-corrected chi connectivity index (χ1v) is 10.8. The summed E-state index contributed by atoms with van der Waals surface area (Å²) in [5.41, 5.74) is 1.16. The van der Waals surface area contributed by atoms with Gasteiger partial charge in [-0.15, -0.1) is 0 Å². The summed E-state index contributed by atoms with van der Waals surface area (Å²) in [7, 11) is 1.67. The number of benzene rings is 1. The molecule has 0 N–H and O–H groups in total. The van der Waals surface area contributed by atoms with Gasteiger partial charge in [-0.1, -0.05) is 18.6 Å². The van der Waals surface area contributed by atoms with Gasteiger partial charge in [0.05, 0.1) is 25.8 Å². The number of piperidine rings is 2. The fourth-order valence-corrected chi connectivity index (χ4v) is 4.35. The monoisotopic (exact) mass is 397 g/mol. The lowest BCUT2D eigenvalue weighted by atomic mass is 9.98. The summed E-state index contributed by atoms with van der Waals surface area (Å²) < 4.78 is 11.3. The number of carbonyl (C=O) groups is 1. The molecular weight excluding hydrogens is 366 g/mol. The summed E-state index contributed by atoms with van der Waals surface area (Å²) in [5, 5.41) is 0. The molecule has 1 aromatic heterocycles. The van der Waals surface area contributed by atoms with E-state index in [0.717, 1.165) is 62.0 Å². The smallest absolute Gasteiger partial charge is 0.236 e. The van der Waals surface area contributed by atoms with Crippen LogP contribution in [0.5, 0.6) is 5.75 Å². The number of ether oxygens (including phenoxy) is 1. The van der Waals surface area contributed by atoms with Crippen molar-refractivity contribution in [2.75, 3.05) is 39.8 Å². The molecule has 1 aromatic carbocycles. The first-order valence-electron chi connectivity index (χ1n) is 10.8. The van der Waals surface area contributed by atoms with E-state index in [9.17, 15) is 4.79 Å². The number of aromatic nitrogens is 1. The van der Waals surface area contributed by atoms with Crippen LogP contribution in [0.1, 0.15) is 55.2 Å². The molecule has 1 atom stereocenters. The Balaban J connectivity index is 1.33. The zero-order valence-corrected chi connectivity index (χ0v) is 17.3. The Morgan fingerprint density at radius 3 is 2.69 bits per heavy atom. The molecule has 0 radical (unpaired) electrons. The maximum Gasteiger partial charge on any atom is 0.236 e. The van der Waals surface area contributed by atoms with Gasteiger partial charge in [0.15, 0.2) is 5.89 Å². The second-order valence-electron chi connectivity index (χ2n) is 8.21. The maximum atomic E-state index is 12.8. The van der Waals surface area contributed by atoms with E-state index in [2.05, 4.69) is 9.88 Å². The first-order chi connectivity index (χ1) is 14.2. The first kappa shape index (κ1) is 20.0. The fraction of sp³-hybridized carbons (Fsp3) is 0.565. The van der Waals surface area contributed by atoms with Crippen molar-refractivity contribution in [3.8, 4) is 5.75 Å². The molecule has 2 aliphatic heterocycles. The fourth-order valence-electron chi connectivity index (χ4n) is 4.35. The molecule has 0 bridgehead atoms. The lowest BCUT2D eigenvalue weighted by molar-refractivity contribution is -0.134. The van der Waals surface area contributed by atoms with Crippen LogP contribution >= 0.6 is 0 Å². The van der Waals surface area contributed by atoms with Crippen molar-refractivity contribution in [1.82, 2.24) is 14.8 Å². The van der Waals surface area contributed by atoms with Gasteiger partial charge in [-0.2, -0.15) is 0 Å². The summed E-state index contributed by atoms with van der Waals surface area (Å²) in [6, 6.07) is 8.00. The molecule has 0 aliphatic carbocycles. The molecule has 6 nitrogen and oxygen atoms in total. The van der Waals surface area contributed by atoms with Crippen molar-refractivity contribution < 1.29 is 13.9 Å². The highest BCUT2D eigenvalue weighted by atomic mass is 16.5. The van der Waals surface area contributed by atoms with Gasteiger partial charge in [0.1, 0.15) is 11.5 Å². The Kier molecular flexibility index (Phi) is 6.49. The van der Waals surface area contributed by atoms with Gasteiger partial charge in [0, 0.05) is 19.5 Å². The number of oxazole rings is 1. The topological polar surface area (TPSA) is 58.8 Å². The second kappa shape index (κ2) is 9.44. The molecule has 6 heteroatoms. The average Bonchev–Trinajstić information content (AvgIpc) is 3.24. The minimum atomic E-state index is 0.193. The van der Waals surface area contributed by atoms with Crippen LogP contribution in [0.4, 0.5) is 0 Å². The molecule has 0 saturated carbocycles. The van der Waals surface area contributed by atoms with E-state index >= 15 is 0 Å². The number of likely N-dealkylation sites (tertiary alicyclic amines) is 2. The van der Waals surface area contributed by atoms with Gasteiger partial charge in [0.25, 0.3) is 0 Å². The van der Waals surface area contributed by atoms with Crippen molar-refractivity contribution in [2.24, 2.45) is 0 Å². The zero-order valence-electron chi connectivity index (χ0n) is 17.3. The molecular formula is C23H31N3O3. The van der Waals surface area contributed by atoms with E-state index in [1.54, 1.807) is 7.11 Å². The molecule has 1 amide bonds. The quantitative estimate of drug-likeness (QED) is 0.747. The van der Waals surface area contributed by atoms with Crippen LogP contribution in [0.3, 0.4) is 0 Å². The molecule has 2 saturated heterocycles. The van der Waals surface area contributed by atoms with E-state index in [4.69, 9.17) is 9.15 Å². The molecule has 4 rings (SSSR count). The summed E-state index contributed by atoms with van der Waals surface area (Å²) >= 11 is 0. The molecule has 2 fully saturated rings. The van der Waals surface area contributed by atoms with Gasteiger partial charge in [-0.25, -0.2) is 4.98 Å². The van der Waals surface area contributed by atoms with Gasteiger partial charge < -0.3 is 14.1 Å². The molecule has 0 spiro atoms. The van der Waals surface area contributed by atoms with E-state index in [1.807, 2.05) is 35.4 Å².